The van der Waals surface area contributed by atoms with Crippen molar-refractivity contribution in [1.82, 2.24) is 10.2 Å². The molecule has 1 aliphatic rings. The Morgan fingerprint density at radius 3 is 2.94 bits per heavy atom. The lowest BCUT2D eigenvalue weighted by Gasteiger charge is -2.36. The Morgan fingerprint density at radius 2 is 2.29 bits per heavy atom. The second kappa shape index (κ2) is 6.93. The van der Waals surface area contributed by atoms with E-state index in [9.17, 15) is 4.79 Å². The van der Waals surface area contributed by atoms with Gasteiger partial charge in [0.15, 0.2) is 0 Å². The molecule has 0 aromatic rings. The summed E-state index contributed by atoms with van der Waals surface area (Å²) in [6.45, 7) is 8.54. The molecule has 0 radical (unpaired) electrons. The SMILES string of the molecule is COC[C@H](C)NC(=O)CN1C[C@H](C)OC[C@@H]1C. The van der Waals surface area contributed by atoms with Gasteiger partial charge in [0.25, 0.3) is 0 Å². The molecule has 0 aliphatic carbocycles. The highest BCUT2D eigenvalue weighted by atomic mass is 16.5. The van der Waals surface area contributed by atoms with Crippen LogP contribution in [0.25, 0.3) is 0 Å². The number of ether oxygens (including phenoxy) is 2. The van der Waals surface area contributed by atoms with Gasteiger partial charge < -0.3 is 14.8 Å². The van der Waals surface area contributed by atoms with Gasteiger partial charge in [0, 0.05) is 25.7 Å². The zero-order chi connectivity index (χ0) is 12.8. The first-order valence-electron chi connectivity index (χ1n) is 6.17. The molecular formula is C12H24N2O3. The highest BCUT2D eigenvalue weighted by Crippen LogP contribution is 2.10. The van der Waals surface area contributed by atoms with Gasteiger partial charge in [0.05, 0.1) is 25.9 Å². The van der Waals surface area contributed by atoms with Gasteiger partial charge in [-0.25, -0.2) is 0 Å². The fourth-order valence-electron chi connectivity index (χ4n) is 1.99. The van der Waals surface area contributed by atoms with E-state index in [0.717, 1.165) is 6.54 Å². The molecule has 1 aliphatic heterocycles. The zero-order valence-electron chi connectivity index (χ0n) is 11.2. The molecule has 1 amide bonds. The second-order valence-electron chi connectivity index (χ2n) is 4.85. The predicted octanol–water partition coefficient (Wildman–Crippen LogP) is 0.247. The Bertz CT molecular complexity index is 248. The molecule has 0 aromatic carbocycles. The number of nitrogens with zero attached hydrogens (tertiary/aromatic N) is 1. The molecule has 3 atom stereocenters. The smallest absolute Gasteiger partial charge is 0.234 e. The van der Waals surface area contributed by atoms with E-state index in [0.29, 0.717) is 25.8 Å². The molecule has 0 bridgehead atoms. The lowest BCUT2D eigenvalue weighted by Crippen LogP contribution is -2.52. The summed E-state index contributed by atoms with van der Waals surface area (Å²) in [4.78, 5) is 14.0. The molecule has 5 nitrogen and oxygen atoms in total. The molecule has 5 heteroatoms. The first-order chi connectivity index (χ1) is 8.02. The highest BCUT2D eigenvalue weighted by Gasteiger charge is 2.25. The molecule has 1 saturated heterocycles. The average Bonchev–Trinajstić information content (AvgIpc) is 2.23. The van der Waals surface area contributed by atoms with Crippen molar-refractivity contribution in [2.45, 2.75) is 39.0 Å². The molecule has 0 aromatic heterocycles. The Morgan fingerprint density at radius 1 is 1.59 bits per heavy atom. The highest BCUT2D eigenvalue weighted by molar-refractivity contribution is 5.78. The number of hydrogen-bond donors (Lipinski definition) is 1. The van der Waals surface area contributed by atoms with Crippen LogP contribution in [-0.4, -0.2) is 62.4 Å². The van der Waals surface area contributed by atoms with E-state index < -0.39 is 0 Å². The van der Waals surface area contributed by atoms with Gasteiger partial charge in [-0.15, -0.1) is 0 Å². The third-order valence-corrected chi connectivity index (χ3v) is 2.91. The van der Waals surface area contributed by atoms with Crippen molar-refractivity contribution in [1.29, 1.82) is 0 Å². The number of nitrogens with one attached hydrogen (secondary N) is 1. The van der Waals surface area contributed by atoms with Gasteiger partial charge in [-0.05, 0) is 20.8 Å². The van der Waals surface area contributed by atoms with Crippen LogP contribution in [0.5, 0.6) is 0 Å². The van der Waals surface area contributed by atoms with Gasteiger partial charge >= 0.3 is 0 Å². The quantitative estimate of drug-likeness (QED) is 0.753. The first kappa shape index (κ1) is 14.4. The Balaban J connectivity index is 2.33. The van der Waals surface area contributed by atoms with Crippen LogP contribution >= 0.6 is 0 Å². The maximum absolute atomic E-state index is 11.8. The van der Waals surface area contributed by atoms with E-state index in [1.165, 1.54) is 0 Å². The summed E-state index contributed by atoms with van der Waals surface area (Å²) in [7, 11) is 1.63. The maximum Gasteiger partial charge on any atom is 0.234 e. The number of methoxy groups -OCH3 is 1. The van der Waals surface area contributed by atoms with Crippen molar-refractivity contribution in [3.05, 3.63) is 0 Å². The Labute approximate surface area is 103 Å². The summed E-state index contributed by atoms with van der Waals surface area (Å²) in [5.74, 6) is 0.0514. The molecule has 1 N–H and O–H groups in total. The van der Waals surface area contributed by atoms with Crippen molar-refractivity contribution in [2.75, 3.05) is 33.4 Å². The number of amides is 1. The third-order valence-electron chi connectivity index (χ3n) is 2.91. The van der Waals surface area contributed by atoms with Gasteiger partial charge in [-0.1, -0.05) is 0 Å². The van der Waals surface area contributed by atoms with Gasteiger partial charge in [0.2, 0.25) is 5.91 Å². The minimum absolute atomic E-state index is 0.0514. The van der Waals surface area contributed by atoms with Crippen LogP contribution < -0.4 is 5.32 Å². The topological polar surface area (TPSA) is 50.8 Å². The van der Waals surface area contributed by atoms with Crippen molar-refractivity contribution in [3.63, 3.8) is 0 Å². The maximum atomic E-state index is 11.8. The van der Waals surface area contributed by atoms with Gasteiger partial charge in [-0.3, -0.25) is 9.69 Å². The lowest BCUT2D eigenvalue weighted by molar-refractivity contribution is -0.126. The number of carbonyl (C=O) groups is 1. The normalized spacial score (nSPS) is 27.8. The van der Waals surface area contributed by atoms with Crippen LogP contribution in [0, 0.1) is 0 Å². The number of hydrogen-bond acceptors (Lipinski definition) is 4. The van der Waals surface area contributed by atoms with E-state index in [1.807, 2.05) is 13.8 Å². The summed E-state index contributed by atoms with van der Waals surface area (Å²) < 4.78 is 10.5. The summed E-state index contributed by atoms with van der Waals surface area (Å²) >= 11 is 0. The predicted molar refractivity (Wildman–Crippen MR) is 65.9 cm³/mol. The van der Waals surface area contributed by atoms with Crippen molar-refractivity contribution >= 4 is 5.91 Å². The number of carbonyl (C=O) groups excluding carboxylic acids is 1. The molecule has 0 unspecified atom stereocenters. The van der Waals surface area contributed by atoms with Crippen LogP contribution in [0.15, 0.2) is 0 Å². The van der Waals surface area contributed by atoms with Crippen molar-refractivity contribution < 1.29 is 14.3 Å². The third kappa shape index (κ3) is 5.02. The monoisotopic (exact) mass is 244 g/mol. The van der Waals surface area contributed by atoms with E-state index in [-0.39, 0.29) is 18.1 Å². The minimum Gasteiger partial charge on any atom is -0.383 e. The zero-order valence-corrected chi connectivity index (χ0v) is 11.2. The lowest BCUT2D eigenvalue weighted by atomic mass is 10.2. The van der Waals surface area contributed by atoms with Crippen LogP contribution in [-0.2, 0) is 14.3 Å². The van der Waals surface area contributed by atoms with Gasteiger partial charge in [0.1, 0.15) is 0 Å². The molecule has 17 heavy (non-hydrogen) atoms. The molecule has 1 fully saturated rings. The van der Waals surface area contributed by atoms with E-state index >= 15 is 0 Å². The standard InChI is InChI=1S/C12H24N2O3/c1-9(7-16-4)13-12(15)6-14-5-11(3)17-8-10(14)2/h9-11H,5-8H2,1-4H3,(H,13,15)/t9-,10-,11-/m0/s1. The van der Waals surface area contributed by atoms with Gasteiger partial charge in [-0.2, -0.15) is 0 Å². The van der Waals surface area contributed by atoms with Crippen LogP contribution in [0.2, 0.25) is 0 Å². The summed E-state index contributed by atoms with van der Waals surface area (Å²) in [6.07, 6.45) is 0.204. The van der Waals surface area contributed by atoms with E-state index in [2.05, 4.69) is 17.1 Å². The second-order valence-corrected chi connectivity index (χ2v) is 4.85. The summed E-state index contributed by atoms with van der Waals surface area (Å²) in [5.41, 5.74) is 0. The van der Waals surface area contributed by atoms with Crippen LogP contribution in [0.3, 0.4) is 0 Å². The number of rotatable bonds is 5. The minimum atomic E-state index is 0.0514. The fourth-order valence-corrected chi connectivity index (χ4v) is 1.99. The molecular weight excluding hydrogens is 220 g/mol. The Kier molecular flexibility index (Phi) is 5.88. The fraction of sp³-hybridized carbons (Fsp3) is 0.917. The van der Waals surface area contributed by atoms with Crippen molar-refractivity contribution in [3.8, 4) is 0 Å². The molecule has 100 valence electrons. The molecule has 0 spiro atoms. The molecule has 0 saturated carbocycles. The Hall–Kier alpha value is -0.650. The van der Waals surface area contributed by atoms with Crippen LogP contribution in [0.1, 0.15) is 20.8 Å². The summed E-state index contributed by atoms with van der Waals surface area (Å²) in [5, 5.41) is 2.92. The first-order valence-corrected chi connectivity index (χ1v) is 6.17. The van der Waals surface area contributed by atoms with Crippen LogP contribution in [0.4, 0.5) is 0 Å². The van der Waals surface area contributed by atoms with Crippen molar-refractivity contribution in [2.24, 2.45) is 0 Å². The molecule has 1 rings (SSSR count). The average molecular weight is 244 g/mol. The summed E-state index contributed by atoms with van der Waals surface area (Å²) in [6, 6.07) is 0.357. The van der Waals surface area contributed by atoms with E-state index in [1.54, 1.807) is 7.11 Å². The largest absolute Gasteiger partial charge is 0.383 e. The number of morpholine rings is 1. The molecule has 1 heterocycles. The van der Waals surface area contributed by atoms with E-state index in [4.69, 9.17) is 9.47 Å².